The molecule has 0 radical (unpaired) electrons. The molecule has 4 heteroatoms. The number of hydrogen-bond acceptors (Lipinski definition) is 4. The minimum atomic E-state index is -0.0947. The van der Waals surface area contributed by atoms with Gasteiger partial charge >= 0.3 is 5.97 Å². The van der Waals surface area contributed by atoms with Crippen molar-refractivity contribution in [2.24, 2.45) is 11.7 Å². The first-order chi connectivity index (χ1) is 6.22. The fourth-order valence-corrected chi connectivity index (χ4v) is 1.83. The molecule has 0 aliphatic carbocycles. The second-order valence-electron chi connectivity index (χ2n) is 2.87. The molecule has 0 aliphatic rings. The second kappa shape index (κ2) is 8.38. The maximum Gasteiger partial charge on any atom is 0.309 e. The quantitative estimate of drug-likeness (QED) is 0.502. The van der Waals surface area contributed by atoms with Crippen LogP contribution in [0.25, 0.3) is 0 Å². The Morgan fingerprint density at radius 3 is 2.85 bits per heavy atom. The third-order valence-corrected chi connectivity index (χ3v) is 2.86. The van der Waals surface area contributed by atoms with Crippen molar-refractivity contribution in [1.82, 2.24) is 0 Å². The van der Waals surface area contributed by atoms with Gasteiger partial charge in [-0.2, -0.15) is 11.8 Å². The molecule has 0 rings (SSSR count). The van der Waals surface area contributed by atoms with Crippen LogP contribution in [0, 0.1) is 5.92 Å². The van der Waals surface area contributed by atoms with Crippen molar-refractivity contribution in [3.8, 4) is 0 Å². The summed E-state index contributed by atoms with van der Waals surface area (Å²) in [6.07, 6.45) is 1.01. The van der Waals surface area contributed by atoms with Crippen LogP contribution in [0.1, 0.15) is 20.3 Å². The lowest BCUT2D eigenvalue weighted by Gasteiger charge is -2.09. The zero-order chi connectivity index (χ0) is 10.1. The van der Waals surface area contributed by atoms with E-state index in [1.165, 1.54) is 0 Å². The van der Waals surface area contributed by atoms with Crippen LogP contribution < -0.4 is 5.73 Å². The van der Waals surface area contributed by atoms with Gasteiger partial charge in [-0.15, -0.1) is 0 Å². The highest BCUT2D eigenvalue weighted by atomic mass is 32.2. The van der Waals surface area contributed by atoms with E-state index in [0.717, 1.165) is 24.5 Å². The molecule has 0 saturated carbocycles. The van der Waals surface area contributed by atoms with Crippen LogP contribution in [0.2, 0.25) is 0 Å². The molecule has 0 aromatic heterocycles. The molecule has 0 aliphatic heterocycles. The number of ether oxygens (including phenoxy) is 1. The lowest BCUT2D eigenvalue weighted by atomic mass is 10.2. The molecule has 0 amide bonds. The van der Waals surface area contributed by atoms with E-state index in [9.17, 15) is 4.79 Å². The molecule has 0 fully saturated rings. The van der Waals surface area contributed by atoms with E-state index < -0.39 is 0 Å². The Morgan fingerprint density at radius 1 is 1.62 bits per heavy atom. The summed E-state index contributed by atoms with van der Waals surface area (Å²) in [5.74, 6) is 1.77. The Balaban J connectivity index is 3.38. The number of thioether (sulfide) groups is 1. The van der Waals surface area contributed by atoms with Gasteiger partial charge in [-0.25, -0.2) is 0 Å². The molecular weight excluding hydrogens is 186 g/mol. The van der Waals surface area contributed by atoms with Gasteiger partial charge < -0.3 is 10.5 Å². The summed E-state index contributed by atoms with van der Waals surface area (Å²) in [5, 5.41) is 0. The number of nitrogens with two attached hydrogens (primary N) is 1. The molecule has 0 bridgehead atoms. The van der Waals surface area contributed by atoms with Gasteiger partial charge in [0, 0.05) is 5.75 Å². The van der Waals surface area contributed by atoms with Crippen molar-refractivity contribution < 1.29 is 9.53 Å². The standard InChI is InChI=1S/C9H19NO2S/c1-3-12-9(11)8(2)7-13-6-4-5-10/h8H,3-7,10H2,1-2H3. The van der Waals surface area contributed by atoms with Gasteiger partial charge in [0.25, 0.3) is 0 Å². The van der Waals surface area contributed by atoms with Crippen LogP contribution in [-0.4, -0.2) is 30.6 Å². The lowest BCUT2D eigenvalue weighted by molar-refractivity contribution is -0.146. The van der Waals surface area contributed by atoms with Crippen LogP contribution in [0.3, 0.4) is 0 Å². The van der Waals surface area contributed by atoms with Crippen molar-refractivity contribution in [2.75, 3.05) is 24.7 Å². The SMILES string of the molecule is CCOC(=O)C(C)CSCCCN. The molecule has 2 N–H and O–H groups in total. The molecule has 1 unspecified atom stereocenters. The summed E-state index contributed by atoms with van der Waals surface area (Å²) in [5.41, 5.74) is 5.35. The van der Waals surface area contributed by atoms with Crippen molar-refractivity contribution in [3.05, 3.63) is 0 Å². The van der Waals surface area contributed by atoms with Crippen LogP contribution in [0.15, 0.2) is 0 Å². The minimum absolute atomic E-state index is 0.00252. The molecule has 0 aromatic carbocycles. The Kier molecular flexibility index (Phi) is 8.24. The fraction of sp³-hybridized carbons (Fsp3) is 0.889. The van der Waals surface area contributed by atoms with Gasteiger partial charge in [0.05, 0.1) is 12.5 Å². The van der Waals surface area contributed by atoms with Crippen molar-refractivity contribution in [3.63, 3.8) is 0 Å². The van der Waals surface area contributed by atoms with Crippen molar-refractivity contribution >= 4 is 17.7 Å². The molecule has 1 atom stereocenters. The van der Waals surface area contributed by atoms with Crippen molar-refractivity contribution in [2.45, 2.75) is 20.3 Å². The summed E-state index contributed by atoms with van der Waals surface area (Å²) < 4.78 is 4.88. The summed E-state index contributed by atoms with van der Waals surface area (Å²) in [6.45, 7) is 4.91. The molecule has 0 spiro atoms. The predicted octanol–water partition coefficient (Wildman–Crippen LogP) is 1.27. The van der Waals surface area contributed by atoms with E-state index in [-0.39, 0.29) is 11.9 Å². The Hall–Kier alpha value is -0.220. The van der Waals surface area contributed by atoms with E-state index >= 15 is 0 Å². The largest absolute Gasteiger partial charge is 0.466 e. The minimum Gasteiger partial charge on any atom is -0.466 e. The monoisotopic (exact) mass is 205 g/mol. The van der Waals surface area contributed by atoms with E-state index in [1.54, 1.807) is 11.8 Å². The van der Waals surface area contributed by atoms with E-state index in [1.807, 2.05) is 13.8 Å². The number of rotatable bonds is 7. The van der Waals surface area contributed by atoms with Gasteiger partial charge in [0.2, 0.25) is 0 Å². The van der Waals surface area contributed by atoms with Gasteiger partial charge in [0.1, 0.15) is 0 Å². The van der Waals surface area contributed by atoms with Crippen molar-refractivity contribution in [1.29, 1.82) is 0 Å². The first-order valence-electron chi connectivity index (χ1n) is 4.66. The number of esters is 1. The molecule has 3 nitrogen and oxygen atoms in total. The molecule has 0 saturated heterocycles. The first kappa shape index (κ1) is 12.8. The van der Waals surface area contributed by atoms with E-state index in [2.05, 4.69) is 0 Å². The topological polar surface area (TPSA) is 52.3 Å². The zero-order valence-corrected chi connectivity index (χ0v) is 9.23. The Labute approximate surface area is 84.4 Å². The Bertz CT molecular complexity index is 142. The first-order valence-corrected chi connectivity index (χ1v) is 5.82. The van der Waals surface area contributed by atoms with Crippen LogP contribution in [0.4, 0.5) is 0 Å². The lowest BCUT2D eigenvalue weighted by Crippen LogP contribution is -2.17. The van der Waals surface area contributed by atoms with E-state index in [4.69, 9.17) is 10.5 Å². The van der Waals surface area contributed by atoms with Gasteiger partial charge in [-0.1, -0.05) is 6.92 Å². The molecule has 78 valence electrons. The summed E-state index contributed by atoms with van der Waals surface area (Å²) in [6, 6.07) is 0. The maximum atomic E-state index is 11.1. The molecule has 0 heterocycles. The average molecular weight is 205 g/mol. The highest BCUT2D eigenvalue weighted by Crippen LogP contribution is 2.10. The molecule has 0 aromatic rings. The maximum absolute atomic E-state index is 11.1. The van der Waals surface area contributed by atoms with E-state index in [0.29, 0.717) is 6.61 Å². The normalized spacial score (nSPS) is 12.5. The highest BCUT2D eigenvalue weighted by Gasteiger charge is 2.12. The fourth-order valence-electron chi connectivity index (χ4n) is 0.798. The van der Waals surface area contributed by atoms with Gasteiger partial charge in [-0.05, 0) is 25.6 Å². The number of carbonyl (C=O) groups is 1. The third kappa shape index (κ3) is 6.90. The number of hydrogen-bond donors (Lipinski definition) is 1. The zero-order valence-electron chi connectivity index (χ0n) is 8.41. The predicted molar refractivity (Wildman–Crippen MR) is 56.8 cm³/mol. The smallest absolute Gasteiger partial charge is 0.309 e. The van der Waals surface area contributed by atoms with Crippen LogP contribution in [-0.2, 0) is 9.53 Å². The van der Waals surface area contributed by atoms with Gasteiger partial charge in [0.15, 0.2) is 0 Å². The van der Waals surface area contributed by atoms with Gasteiger partial charge in [-0.3, -0.25) is 4.79 Å². The summed E-state index contributed by atoms with van der Waals surface area (Å²) in [4.78, 5) is 11.1. The Morgan fingerprint density at radius 2 is 2.31 bits per heavy atom. The third-order valence-electron chi connectivity index (χ3n) is 1.55. The summed E-state index contributed by atoms with van der Waals surface area (Å²) in [7, 11) is 0. The van der Waals surface area contributed by atoms with Crippen LogP contribution in [0.5, 0.6) is 0 Å². The number of carbonyl (C=O) groups excluding carboxylic acids is 1. The second-order valence-corrected chi connectivity index (χ2v) is 4.02. The van der Waals surface area contributed by atoms with Crippen LogP contribution >= 0.6 is 11.8 Å². The molecular formula is C9H19NO2S. The average Bonchev–Trinajstić information content (AvgIpc) is 2.12. The summed E-state index contributed by atoms with van der Waals surface area (Å²) >= 11 is 1.76. The highest BCUT2D eigenvalue weighted by molar-refractivity contribution is 7.99. The molecule has 13 heavy (non-hydrogen) atoms.